The van der Waals surface area contributed by atoms with E-state index < -0.39 is 11.6 Å². The lowest BCUT2D eigenvalue weighted by Crippen LogP contribution is -2.57. The predicted molar refractivity (Wildman–Crippen MR) is 82.8 cm³/mol. The van der Waals surface area contributed by atoms with Crippen LogP contribution in [0.2, 0.25) is 0 Å². The van der Waals surface area contributed by atoms with Crippen LogP contribution >= 0.6 is 12.2 Å². The fourth-order valence-electron chi connectivity index (χ4n) is 2.58. The van der Waals surface area contributed by atoms with Crippen molar-refractivity contribution in [2.24, 2.45) is 5.73 Å². The SMILES string of the molecule is NC(=S)C1(NC(=O)Oc2ccccc2)CCCCCC1. The first-order chi connectivity index (χ1) is 9.62. The Morgan fingerprint density at radius 3 is 2.30 bits per heavy atom. The summed E-state index contributed by atoms with van der Waals surface area (Å²) in [6.07, 6.45) is 5.41. The molecule has 1 aliphatic rings. The van der Waals surface area contributed by atoms with Gasteiger partial charge in [0.15, 0.2) is 0 Å². The Morgan fingerprint density at radius 2 is 1.75 bits per heavy atom. The van der Waals surface area contributed by atoms with Crippen molar-refractivity contribution in [3.8, 4) is 5.75 Å². The predicted octanol–water partition coefficient (Wildman–Crippen LogP) is 3.15. The maximum Gasteiger partial charge on any atom is 0.413 e. The molecule has 0 spiro atoms. The summed E-state index contributed by atoms with van der Waals surface area (Å²) < 4.78 is 5.27. The Labute approximate surface area is 124 Å². The Kier molecular flexibility index (Phi) is 4.95. The van der Waals surface area contributed by atoms with Crippen LogP contribution < -0.4 is 15.8 Å². The van der Waals surface area contributed by atoms with Crippen LogP contribution in [0.3, 0.4) is 0 Å². The van der Waals surface area contributed by atoms with Crippen molar-refractivity contribution in [2.75, 3.05) is 0 Å². The van der Waals surface area contributed by atoms with Gasteiger partial charge in [0.1, 0.15) is 5.75 Å². The number of rotatable bonds is 3. The zero-order valence-corrected chi connectivity index (χ0v) is 12.2. The van der Waals surface area contributed by atoms with Crippen LogP contribution in [0.5, 0.6) is 5.75 Å². The van der Waals surface area contributed by atoms with Crippen LogP contribution in [0.1, 0.15) is 38.5 Å². The van der Waals surface area contributed by atoms with Gasteiger partial charge >= 0.3 is 6.09 Å². The van der Waals surface area contributed by atoms with Gasteiger partial charge in [-0.15, -0.1) is 0 Å². The highest BCUT2D eigenvalue weighted by Crippen LogP contribution is 2.27. The average molecular weight is 292 g/mol. The molecule has 2 rings (SSSR count). The molecule has 108 valence electrons. The van der Waals surface area contributed by atoms with Gasteiger partial charge in [0.05, 0.1) is 10.5 Å². The maximum atomic E-state index is 12.1. The Morgan fingerprint density at radius 1 is 1.15 bits per heavy atom. The Hall–Kier alpha value is -1.62. The van der Waals surface area contributed by atoms with E-state index in [1.165, 1.54) is 0 Å². The standard InChI is InChI=1S/C15H20N2O2S/c16-13(20)15(10-6-1-2-7-11-15)17-14(18)19-12-8-4-3-5-9-12/h3-5,8-9H,1-2,6-7,10-11H2,(H2,16,20)(H,17,18). The zero-order chi connectivity index (χ0) is 14.4. The van der Waals surface area contributed by atoms with Gasteiger partial charge in [-0.3, -0.25) is 0 Å². The van der Waals surface area contributed by atoms with E-state index in [9.17, 15) is 4.79 Å². The van der Waals surface area contributed by atoms with Crippen LogP contribution in [-0.4, -0.2) is 16.6 Å². The fourth-order valence-corrected chi connectivity index (χ4v) is 2.84. The second-order valence-electron chi connectivity index (χ2n) is 5.19. The number of carbonyl (C=O) groups excluding carboxylic acids is 1. The van der Waals surface area contributed by atoms with Crippen molar-refractivity contribution in [2.45, 2.75) is 44.1 Å². The molecule has 0 heterocycles. The summed E-state index contributed by atoms with van der Waals surface area (Å²) in [6.45, 7) is 0. The van der Waals surface area contributed by atoms with E-state index in [1.54, 1.807) is 12.1 Å². The number of thiocarbonyl (C=S) groups is 1. The van der Waals surface area contributed by atoms with E-state index in [2.05, 4.69) is 5.32 Å². The van der Waals surface area contributed by atoms with E-state index in [0.717, 1.165) is 38.5 Å². The molecule has 1 aliphatic carbocycles. The minimum Gasteiger partial charge on any atom is -0.410 e. The molecule has 0 radical (unpaired) electrons. The molecule has 0 atom stereocenters. The van der Waals surface area contributed by atoms with Crippen LogP contribution in [0, 0.1) is 0 Å². The minimum atomic E-state index is -0.600. The third-order valence-electron chi connectivity index (χ3n) is 3.72. The molecule has 3 N–H and O–H groups in total. The molecule has 1 fully saturated rings. The van der Waals surface area contributed by atoms with Gasteiger partial charge < -0.3 is 15.8 Å². The first-order valence-corrected chi connectivity index (χ1v) is 7.38. The van der Waals surface area contributed by atoms with Crippen LogP contribution in [0.4, 0.5) is 4.79 Å². The maximum absolute atomic E-state index is 12.1. The van der Waals surface area contributed by atoms with Gasteiger partial charge in [-0.25, -0.2) is 4.79 Å². The van der Waals surface area contributed by atoms with Crippen molar-refractivity contribution in [3.05, 3.63) is 30.3 Å². The number of ether oxygens (including phenoxy) is 1. The largest absolute Gasteiger partial charge is 0.413 e. The lowest BCUT2D eigenvalue weighted by molar-refractivity contribution is 0.189. The molecule has 5 heteroatoms. The van der Waals surface area contributed by atoms with Crippen molar-refractivity contribution >= 4 is 23.3 Å². The van der Waals surface area contributed by atoms with Crippen molar-refractivity contribution in [1.29, 1.82) is 0 Å². The van der Waals surface area contributed by atoms with E-state index in [0.29, 0.717) is 10.7 Å². The normalized spacial score (nSPS) is 17.8. The lowest BCUT2D eigenvalue weighted by Gasteiger charge is -2.32. The van der Waals surface area contributed by atoms with Gasteiger partial charge in [0.2, 0.25) is 0 Å². The summed E-state index contributed by atoms with van der Waals surface area (Å²) >= 11 is 5.18. The highest BCUT2D eigenvalue weighted by Gasteiger charge is 2.36. The molecule has 0 saturated heterocycles. The van der Waals surface area contributed by atoms with Gasteiger partial charge in [-0.1, -0.05) is 56.1 Å². The summed E-state index contributed by atoms with van der Waals surface area (Å²) in [4.78, 5) is 12.4. The van der Waals surface area contributed by atoms with E-state index in [1.807, 2.05) is 18.2 Å². The molecular weight excluding hydrogens is 272 g/mol. The number of amides is 1. The van der Waals surface area contributed by atoms with Crippen LogP contribution in [0.15, 0.2) is 30.3 Å². The molecule has 0 unspecified atom stereocenters. The fraction of sp³-hybridized carbons (Fsp3) is 0.467. The molecule has 4 nitrogen and oxygen atoms in total. The molecule has 1 amide bonds. The van der Waals surface area contributed by atoms with Gasteiger partial charge in [-0.05, 0) is 25.0 Å². The molecule has 1 aromatic rings. The van der Waals surface area contributed by atoms with Crippen molar-refractivity contribution < 1.29 is 9.53 Å². The summed E-state index contributed by atoms with van der Waals surface area (Å²) in [5.41, 5.74) is 5.27. The smallest absolute Gasteiger partial charge is 0.410 e. The third-order valence-corrected chi connectivity index (χ3v) is 4.11. The Bertz CT molecular complexity index is 468. The molecule has 20 heavy (non-hydrogen) atoms. The lowest BCUT2D eigenvalue weighted by atomic mass is 9.90. The van der Waals surface area contributed by atoms with E-state index >= 15 is 0 Å². The summed E-state index contributed by atoms with van der Waals surface area (Å²) in [6, 6.07) is 8.97. The molecule has 0 aromatic heterocycles. The summed E-state index contributed by atoms with van der Waals surface area (Å²) in [5.74, 6) is 0.511. The topological polar surface area (TPSA) is 64.3 Å². The van der Waals surface area contributed by atoms with E-state index in [-0.39, 0.29) is 0 Å². The number of nitrogens with two attached hydrogens (primary N) is 1. The second kappa shape index (κ2) is 6.70. The van der Waals surface area contributed by atoms with Crippen molar-refractivity contribution in [1.82, 2.24) is 5.32 Å². The second-order valence-corrected chi connectivity index (χ2v) is 5.63. The molecule has 1 aromatic carbocycles. The van der Waals surface area contributed by atoms with Crippen molar-refractivity contribution in [3.63, 3.8) is 0 Å². The quantitative estimate of drug-likeness (QED) is 0.663. The average Bonchev–Trinajstić information content (AvgIpc) is 2.66. The zero-order valence-electron chi connectivity index (χ0n) is 11.4. The number of hydrogen-bond donors (Lipinski definition) is 2. The van der Waals surface area contributed by atoms with E-state index in [4.69, 9.17) is 22.7 Å². The van der Waals surface area contributed by atoms with Gasteiger partial charge in [0, 0.05) is 0 Å². The Balaban J connectivity index is 2.04. The minimum absolute atomic E-state index is 0.351. The number of nitrogens with one attached hydrogen (secondary N) is 1. The van der Waals surface area contributed by atoms with Gasteiger partial charge in [0.25, 0.3) is 0 Å². The molecular formula is C15H20N2O2S. The van der Waals surface area contributed by atoms with Crippen LogP contribution in [-0.2, 0) is 0 Å². The summed E-state index contributed by atoms with van der Waals surface area (Å²) in [7, 11) is 0. The van der Waals surface area contributed by atoms with Gasteiger partial charge in [-0.2, -0.15) is 0 Å². The molecule has 0 aliphatic heterocycles. The monoisotopic (exact) mass is 292 g/mol. The summed E-state index contributed by atoms with van der Waals surface area (Å²) in [5, 5.41) is 2.89. The number of benzene rings is 1. The highest BCUT2D eigenvalue weighted by atomic mass is 32.1. The first-order valence-electron chi connectivity index (χ1n) is 6.97. The number of para-hydroxylation sites is 1. The third kappa shape index (κ3) is 3.70. The van der Waals surface area contributed by atoms with Crippen LogP contribution in [0.25, 0.3) is 0 Å². The molecule has 1 saturated carbocycles. The number of carbonyl (C=O) groups is 1. The highest BCUT2D eigenvalue weighted by molar-refractivity contribution is 7.80. The number of hydrogen-bond acceptors (Lipinski definition) is 3. The molecule has 0 bridgehead atoms. The first kappa shape index (κ1) is 14.8.